The molecule has 1 aromatic heterocycles. The maximum Gasteiger partial charge on any atom is 0.278 e. The summed E-state index contributed by atoms with van der Waals surface area (Å²) in [4.78, 5) is 31.3. The van der Waals surface area contributed by atoms with Crippen LogP contribution in [0.3, 0.4) is 0 Å². The Morgan fingerprint density at radius 3 is 2.38 bits per heavy atom. The Hall–Kier alpha value is -3.87. The molecular weight excluding hydrogens is 376 g/mol. The SMILES string of the molecule is O=C1C(Nc2ccc(F)c(F)c2)=C(c2ccccc2)C(=O)N1Cc1cccnc1. The lowest BCUT2D eigenvalue weighted by atomic mass is 10.0. The molecule has 29 heavy (non-hydrogen) atoms. The van der Waals surface area contributed by atoms with Crippen LogP contribution in [0, 0.1) is 11.6 Å². The third-order valence-electron chi connectivity index (χ3n) is 4.48. The molecule has 7 heteroatoms. The van der Waals surface area contributed by atoms with Gasteiger partial charge < -0.3 is 5.32 Å². The average Bonchev–Trinajstić information content (AvgIpc) is 2.96. The summed E-state index contributed by atoms with van der Waals surface area (Å²) in [6.45, 7) is 0.0464. The normalized spacial score (nSPS) is 13.9. The van der Waals surface area contributed by atoms with Crippen LogP contribution in [0.15, 0.2) is 78.8 Å². The highest BCUT2D eigenvalue weighted by Crippen LogP contribution is 2.31. The number of benzene rings is 2. The average molecular weight is 391 g/mol. The molecule has 0 radical (unpaired) electrons. The molecule has 144 valence electrons. The number of carbonyl (C=O) groups is 2. The van der Waals surface area contributed by atoms with E-state index in [0.29, 0.717) is 11.1 Å². The predicted molar refractivity (Wildman–Crippen MR) is 103 cm³/mol. The van der Waals surface area contributed by atoms with Crippen molar-refractivity contribution in [3.8, 4) is 0 Å². The van der Waals surface area contributed by atoms with Gasteiger partial charge in [0.2, 0.25) is 0 Å². The molecule has 2 aromatic carbocycles. The van der Waals surface area contributed by atoms with Crippen LogP contribution in [0.25, 0.3) is 5.57 Å². The van der Waals surface area contributed by atoms with Gasteiger partial charge in [-0.1, -0.05) is 36.4 Å². The second kappa shape index (κ2) is 7.63. The Morgan fingerprint density at radius 2 is 1.69 bits per heavy atom. The van der Waals surface area contributed by atoms with Gasteiger partial charge in [-0.15, -0.1) is 0 Å². The number of hydrogen-bond donors (Lipinski definition) is 1. The first-order valence-corrected chi connectivity index (χ1v) is 8.81. The van der Waals surface area contributed by atoms with Crippen LogP contribution in [0.1, 0.15) is 11.1 Å². The molecule has 1 aliphatic rings. The number of halogens is 2. The Kier molecular flexibility index (Phi) is 4.87. The first-order chi connectivity index (χ1) is 14.0. The molecule has 0 unspecified atom stereocenters. The van der Waals surface area contributed by atoms with Crippen LogP contribution in [-0.4, -0.2) is 21.7 Å². The molecule has 5 nitrogen and oxygen atoms in total. The summed E-state index contributed by atoms with van der Waals surface area (Å²) in [6, 6.07) is 15.4. The molecule has 0 aliphatic carbocycles. The van der Waals surface area contributed by atoms with Crippen molar-refractivity contribution in [1.29, 1.82) is 0 Å². The molecule has 0 saturated heterocycles. The number of nitrogens with one attached hydrogen (secondary N) is 1. The highest BCUT2D eigenvalue weighted by molar-refractivity contribution is 6.36. The molecule has 0 fully saturated rings. The molecule has 1 aliphatic heterocycles. The highest BCUT2D eigenvalue weighted by Gasteiger charge is 2.39. The fourth-order valence-corrected chi connectivity index (χ4v) is 3.10. The molecule has 2 heterocycles. The summed E-state index contributed by atoms with van der Waals surface area (Å²) in [6.07, 6.45) is 3.17. The van der Waals surface area contributed by atoms with E-state index in [0.717, 1.165) is 17.0 Å². The highest BCUT2D eigenvalue weighted by atomic mass is 19.2. The van der Waals surface area contributed by atoms with E-state index < -0.39 is 23.4 Å². The van der Waals surface area contributed by atoms with Crippen molar-refractivity contribution in [3.63, 3.8) is 0 Å². The van der Waals surface area contributed by atoms with Gasteiger partial charge >= 0.3 is 0 Å². The monoisotopic (exact) mass is 391 g/mol. The van der Waals surface area contributed by atoms with Gasteiger partial charge in [-0.3, -0.25) is 19.5 Å². The minimum Gasteiger partial charge on any atom is -0.350 e. The van der Waals surface area contributed by atoms with Crippen molar-refractivity contribution in [3.05, 3.63) is 102 Å². The number of nitrogens with zero attached hydrogens (tertiary/aromatic N) is 2. The van der Waals surface area contributed by atoms with Gasteiger partial charge in [-0.05, 0) is 29.3 Å². The van der Waals surface area contributed by atoms with Crippen molar-refractivity contribution >= 4 is 23.1 Å². The van der Waals surface area contributed by atoms with E-state index in [1.54, 1.807) is 54.9 Å². The minimum atomic E-state index is -1.05. The van der Waals surface area contributed by atoms with Crippen LogP contribution in [0.5, 0.6) is 0 Å². The fraction of sp³-hybridized carbons (Fsp3) is 0.0455. The van der Waals surface area contributed by atoms with Gasteiger partial charge in [0.25, 0.3) is 11.8 Å². The second-order valence-electron chi connectivity index (χ2n) is 6.43. The van der Waals surface area contributed by atoms with E-state index in [2.05, 4.69) is 10.3 Å². The Labute approximate surface area is 165 Å². The zero-order valence-electron chi connectivity index (χ0n) is 15.1. The third-order valence-corrected chi connectivity index (χ3v) is 4.48. The number of aromatic nitrogens is 1. The minimum absolute atomic E-state index is 0.0103. The lowest BCUT2D eigenvalue weighted by Gasteiger charge is -2.15. The quantitative estimate of drug-likeness (QED) is 0.673. The van der Waals surface area contributed by atoms with Gasteiger partial charge in [0.15, 0.2) is 11.6 Å². The zero-order chi connectivity index (χ0) is 20.4. The fourth-order valence-electron chi connectivity index (χ4n) is 3.10. The number of carbonyl (C=O) groups excluding carboxylic acids is 2. The lowest BCUT2D eigenvalue weighted by molar-refractivity contribution is -0.137. The van der Waals surface area contributed by atoms with E-state index in [-0.39, 0.29) is 23.5 Å². The summed E-state index contributed by atoms with van der Waals surface area (Å²) < 4.78 is 26.9. The van der Waals surface area contributed by atoms with E-state index in [1.165, 1.54) is 6.07 Å². The first-order valence-electron chi connectivity index (χ1n) is 8.81. The van der Waals surface area contributed by atoms with Gasteiger partial charge in [0.05, 0.1) is 12.1 Å². The molecule has 1 N–H and O–H groups in total. The molecule has 3 aromatic rings. The van der Waals surface area contributed by atoms with Crippen LogP contribution in [0.4, 0.5) is 14.5 Å². The maximum absolute atomic E-state index is 13.6. The van der Waals surface area contributed by atoms with Crippen molar-refractivity contribution < 1.29 is 18.4 Å². The molecule has 0 saturated carbocycles. The van der Waals surface area contributed by atoms with Gasteiger partial charge in [0.1, 0.15) is 5.70 Å². The number of anilines is 1. The largest absolute Gasteiger partial charge is 0.350 e. The second-order valence-corrected chi connectivity index (χ2v) is 6.43. The lowest BCUT2D eigenvalue weighted by Crippen LogP contribution is -2.32. The maximum atomic E-state index is 13.6. The van der Waals surface area contributed by atoms with Crippen molar-refractivity contribution in [2.45, 2.75) is 6.54 Å². The zero-order valence-corrected chi connectivity index (χ0v) is 15.1. The smallest absolute Gasteiger partial charge is 0.278 e. The van der Waals surface area contributed by atoms with E-state index >= 15 is 0 Å². The van der Waals surface area contributed by atoms with Crippen molar-refractivity contribution in [2.75, 3.05) is 5.32 Å². The first kappa shape index (κ1) is 18.5. The predicted octanol–water partition coefficient (Wildman–Crippen LogP) is 3.75. The number of pyridine rings is 1. The van der Waals surface area contributed by atoms with Gasteiger partial charge in [-0.2, -0.15) is 0 Å². The van der Waals surface area contributed by atoms with Crippen molar-refractivity contribution in [2.24, 2.45) is 0 Å². The Balaban J connectivity index is 1.74. The van der Waals surface area contributed by atoms with Crippen LogP contribution >= 0.6 is 0 Å². The van der Waals surface area contributed by atoms with E-state index in [1.807, 2.05) is 0 Å². The number of imide groups is 1. The Morgan fingerprint density at radius 1 is 0.897 bits per heavy atom. The van der Waals surface area contributed by atoms with Gasteiger partial charge in [-0.25, -0.2) is 8.78 Å². The molecule has 0 atom stereocenters. The number of hydrogen-bond acceptors (Lipinski definition) is 4. The Bertz CT molecular complexity index is 1120. The van der Waals surface area contributed by atoms with Crippen molar-refractivity contribution in [1.82, 2.24) is 9.88 Å². The molecule has 4 rings (SSSR count). The van der Waals surface area contributed by atoms with Crippen LogP contribution < -0.4 is 5.32 Å². The van der Waals surface area contributed by atoms with Crippen LogP contribution in [-0.2, 0) is 16.1 Å². The summed E-state index contributed by atoms with van der Waals surface area (Å²) in [5.41, 5.74) is 1.58. The molecule has 0 bridgehead atoms. The summed E-state index contributed by atoms with van der Waals surface area (Å²) in [7, 11) is 0. The van der Waals surface area contributed by atoms with Crippen LogP contribution in [0.2, 0.25) is 0 Å². The molecule has 2 amide bonds. The standard InChI is InChI=1S/C22H15F2N3O2/c23-17-9-8-16(11-18(17)24)26-20-19(15-6-2-1-3-7-15)21(28)27(22(20)29)13-14-5-4-10-25-12-14/h1-12,26H,13H2. The van der Waals surface area contributed by atoms with E-state index in [4.69, 9.17) is 0 Å². The van der Waals surface area contributed by atoms with Gasteiger partial charge in [0, 0.05) is 24.1 Å². The molecule has 0 spiro atoms. The summed E-state index contributed by atoms with van der Waals surface area (Å²) in [5, 5.41) is 2.80. The number of rotatable bonds is 5. The third kappa shape index (κ3) is 3.62. The topological polar surface area (TPSA) is 62.3 Å². The number of amides is 2. The van der Waals surface area contributed by atoms with E-state index in [9.17, 15) is 18.4 Å². The summed E-state index contributed by atoms with van der Waals surface area (Å²) >= 11 is 0. The summed E-state index contributed by atoms with van der Waals surface area (Å²) in [5.74, 6) is -3.08. The molecular formula is C22H15F2N3O2.